The molecule has 2 aromatic heterocycles. The molecule has 8 heteroatoms. The smallest absolute Gasteiger partial charge is 0.349 e. The molecule has 2 heterocycles. The van der Waals surface area contributed by atoms with Gasteiger partial charge < -0.3 is 36.2 Å². The number of hydrogen-bond donors (Lipinski definition) is 1. The van der Waals surface area contributed by atoms with E-state index in [1.54, 1.807) is 0 Å². The van der Waals surface area contributed by atoms with E-state index < -0.39 is 11.6 Å². The highest BCUT2D eigenvalue weighted by Gasteiger charge is 2.58. The molecule has 32 heavy (non-hydrogen) atoms. The molecule has 4 atom stereocenters. The molecule has 2 aliphatic rings. The van der Waals surface area contributed by atoms with Gasteiger partial charge in [0.2, 0.25) is 5.60 Å². The van der Waals surface area contributed by atoms with Crippen LogP contribution in [0.25, 0.3) is 0 Å². The number of quaternary nitrogens is 1. The lowest BCUT2D eigenvalue weighted by atomic mass is 9.96. The molecule has 4 rings (SSSR count). The van der Waals surface area contributed by atoms with Crippen molar-refractivity contribution < 1.29 is 36.1 Å². The minimum absolute atomic E-state index is 0. The van der Waals surface area contributed by atoms with E-state index >= 15 is 0 Å². The summed E-state index contributed by atoms with van der Waals surface area (Å²) in [6, 6.07) is 7.90. The van der Waals surface area contributed by atoms with Gasteiger partial charge in [0.25, 0.3) is 0 Å². The maximum atomic E-state index is 13.4. The maximum absolute atomic E-state index is 13.4. The van der Waals surface area contributed by atoms with E-state index in [1.165, 1.54) is 29.1 Å². The summed E-state index contributed by atoms with van der Waals surface area (Å²) in [6.07, 6.45) is 4.31. The Hall–Kier alpha value is -0.770. The van der Waals surface area contributed by atoms with E-state index in [1.807, 2.05) is 35.0 Å². The Bertz CT molecular complexity index is 836. The molecule has 1 unspecified atom stereocenters. The Kier molecular flexibility index (Phi) is 8.27. The minimum atomic E-state index is -1.71. The molecular weight excluding hydrogens is 508 g/mol. The van der Waals surface area contributed by atoms with E-state index in [-0.39, 0.29) is 23.1 Å². The molecule has 0 saturated heterocycles. The molecule has 0 spiro atoms. The number of fused-ring (bicyclic) bond motifs is 2. The van der Waals surface area contributed by atoms with Gasteiger partial charge in [-0.3, -0.25) is 0 Å². The molecule has 0 aromatic carbocycles. The third kappa shape index (κ3) is 4.86. The highest BCUT2D eigenvalue weighted by molar-refractivity contribution is 7.12. The normalized spacial score (nSPS) is 25.2. The Morgan fingerprint density at radius 3 is 2.34 bits per heavy atom. The minimum Gasteiger partial charge on any atom is -1.00 e. The number of halogens is 1. The van der Waals surface area contributed by atoms with Gasteiger partial charge in [-0.25, -0.2) is 4.79 Å². The SMILES string of the molecule is CN(C)CCC[N+](C)(C)C1[C@H]2CC[C@@H]1[C@H](OC(=O)C(O)(c1cccs1)c1cccs1)C2.[Br-]. The molecular formula is C24H35BrN2O3S2. The number of rotatable bonds is 9. The van der Waals surface area contributed by atoms with Crippen molar-refractivity contribution in [3.05, 3.63) is 44.8 Å². The first-order valence-electron chi connectivity index (χ1n) is 11.2. The monoisotopic (exact) mass is 542 g/mol. The summed E-state index contributed by atoms with van der Waals surface area (Å²) in [5.74, 6) is 0.444. The average molecular weight is 544 g/mol. The zero-order valence-corrected chi connectivity index (χ0v) is 22.6. The summed E-state index contributed by atoms with van der Waals surface area (Å²) < 4.78 is 7.12. The van der Waals surface area contributed by atoms with Crippen LogP contribution in [-0.2, 0) is 15.1 Å². The number of thiophene rings is 2. The van der Waals surface area contributed by atoms with E-state index in [2.05, 4.69) is 33.1 Å². The molecule has 5 nitrogen and oxygen atoms in total. The van der Waals surface area contributed by atoms with Crippen molar-refractivity contribution in [1.29, 1.82) is 0 Å². The van der Waals surface area contributed by atoms with E-state index in [0.717, 1.165) is 36.8 Å². The van der Waals surface area contributed by atoms with Crippen LogP contribution in [0.3, 0.4) is 0 Å². The van der Waals surface area contributed by atoms with Gasteiger partial charge in [0.1, 0.15) is 6.10 Å². The fraction of sp³-hybridized carbons (Fsp3) is 0.625. The third-order valence-corrected chi connectivity index (χ3v) is 9.22. The summed E-state index contributed by atoms with van der Waals surface area (Å²) >= 11 is 2.79. The van der Waals surface area contributed by atoms with Crippen molar-refractivity contribution in [2.24, 2.45) is 11.8 Å². The van der Waals surface area contributed by atoms with Crippen LogP contribution in [0.1, 0.15) is 35.4 Å². The first-order valence-corrected chi connectivity index (χ1v) is 13.0. The van der Waals surface area contributed by atoms with Gasteiger partial charge >= 0.3 is 5.97 Å². The predicted octanol–water partition coefficient (Wildman–Crippen LogP) is 0.788. The van der Waals surface area contributed by atoms with Gasteiger partial charge in [-0.15, -0.1) is 22.7 Å². The van der Waals surface area contributed by atoms with Gasteiger partial charge in [0, 0.05) is 24.8 Å². The number of esters is 1. The quantitative estimate of drug-likeness (QED) is 0.376. The van der Waals surface area contributed by atoms with E-state index in [9.17, 15) is 9.90 Å². The molecule has 0 amide bonds. The van der Waals surface area contributed by atoms with Crippen LogP contribution in [0.2, 0.25) is 0 Å². The molecule has 2 aromatic rings. The van der Waals surface area contributed by atoms with Gasteiger partial charge in [0.15, 0.2) is 0 Å². The Morgan fingerprint density at radius 1 is 1.19 bits per heavy atom. The Balaban J connectivity index is 0.00000289. The fourth-order valence-corrected chi connectivity index (χ4v) is 7.63. The number of carbonyl (C=O) groups excluding carboxylic acids is 1. The van der Waals surface area contributed by atoms with Crippen molar-refractivity contribution in [3.63, 3.8) is 0 Å². The lowest BCUT2D eigenvalue weighted by Crippen LogP contribution is -3.00. The van der Waals surface area contributed by atoms with Crippen molar-refractivity contribution >= 4 is 28.6 Å². The fourth-order valence-electron chi connectivity index (χ4n) is 5.92. The molecule has 2 aliphatic carbocycles. The van der Waals surface area contributed by atoms with Crippen molar-refractivity contribution in [1.82, 2.24) is 4.90 Å². The van der Waals surface area contributed by atoms with E-state index in [4.69, 9.17) is 4.74 Å². The highest BCUT2D eigenvalue weighted by atomic mass is 79.9. The van der Waals surface area contributed by atoms with Crippen LogP contribution in [-0.4, -0.2) is 73.9 Å². The lowest BCUT2D eigenvalue weighted by Gasteiger charge is -2.39. The lowest BCUT2D eigenvalue weighted by molar-refractivity contribution is -0.919. The zero-order chi connectivity index (χ0) is 22.2. The van der Waals surface area contributed by atoms with Crippen molar-refractivity contribution in [2.75, 3.05) is 41.3 Å². The predicted molar refractivity (Wildman–Crippen MR) is 126 cm³/mol. The largest absolute Gasteiger partial charge is 1.00 e. The second-order valence-corrected chi connectivity index (χ2v) is 11.9. The second-order valence-electron chi connectivity index (χ2n) is 10.00. The van der Waals surface area contributed by atoms with Gasteiger partial charge in [-0.1, -0.05) is 12.1 Å². The molecule has 0 aliphatic heterocycles. The first kappa shape index (κ1) is 25.8. The summed E-state index contributed by atoms with van der Waals surface area (Å²) in [5, 5.41) is 15.3. The second kappa shape index (κ2) is 10.2. The molecule has 2 saturated carbocycles. The standard InChI is InChI=1S/C24H35N2O3S2.BrH/c1-25(2)12-7-13-26(3,4)22-17-10-11-18(22)19(16-17)29-23(27)24(28,20-8-5-14-30-20)21-9-6-15-31-21;/h5-6,8-9,14-15,17-19,22,28H,7,10-13,16H2,1-4H3;1H/q+1;/p-1/t17-,18+,19+,22?;/m0./s1. The number of aliphatic hydroxyl groups is 1. The summed E-state index contributed by atoms with van der Waals surface area (Å²) in [4.78, 5) is 16.9. The molecule has 178 valence electrons. The van der Waals surface area contributed by atoms with Crippen LogP contribution in [0, 0.1) is 11.8 Å². The molecule has 1 N–H and O–H groups in total. The third-order valence-electron chi connectivity index (χ3n) is 7.26. The Labute approximate surface area is 210 Å². The molecule has 2 fully saturated rings. The highest BCUT2D eigenvalue weighted by Crippen LogP contribution is 2.51. The van der Waals surface area contributed by atoms with E-state index in [0.29, 0.717) is 27.6 Å². The van der Waals surface area contributed by atoms with Crippen LogP contribution in [0.15, 0.2) is 35.0 Å². The summed E-state index contributed by atoms with van der Waals surface area (Å²) in [7, 11) is 8.92. The Morgan fingerprint density at radius 2 is 1.81 bits per heavy atom. The number of nitrogens with zero attached hydrogens (tertiary/aromatic N) is 2. The summed E-state index contributed by atoms with van der Waals surface area (Å²) in [6.45, 7) is 2.22. The topological polar surface area (TPSA) is 49.8 Å². The first-order chi connectivity index (χ1) is 14.7. The van der Waals surface area contributed by atoms with Gasteiger partial charge in [0.05, 0.1) is 36.4 Å². The number of ether oxygens (including phenoxy) is 1. The number of hydrogen-bond acceptors (Lipinski definition) is 6. The molecule has 2 bridgehead atoms. The molecule has 0 radical (unpaired) electrons. The van der Waals surface area contributed by atoms with Crippen LogP contribution in [0.4, 0.5) is 0 Å². The van der Waals surface area contributed by atoms with Crippen LogP contribution >= 0.6 is 22.7 Å². The zero-order valence-electron chi connectivity index (χ0n) is 19.4. The van der Waals surface area contributed by atoms with Crippen molar-refractivity contribution in [3.8, 4) is 0 Å². The average Bonchev–Trinajstić information content (AvgIpc) is 3.51. The van der Waals surface area contributed by atoms with Crippen LogP contribution < -0.4 is 17.0 Å². The maximum Gasteiger partial charge on any atom is 0.349 e. The number of carbonyl (C=O) groups is 1. The van der Waals surface area contributed by atoms with Gasteiger partial charge in [-0.2, -0.15) is 0 Å². The summed E-state index contributed by atoms with van der Waals surface area (Å²) in [5.41, 5.74) is -1.71. The van der Waals surface area contributed by atoms with Crippen LogP contribution in [0.5, 0.6) is 0 Å². The van der Waals surface area contributed by atoms with Crippen molar-refractivity contribution in [2.45, 2.75) is 43.4 Å². The van der Waals surface area contributed by atoms with Gasteiger partial charge in [-0.05, 0) is 56.3 Å².